The third-order valence-corrected chi connectivity index (χ3v) is 2.83. The molecule has 0 spiro atoms. The van der Waals surface area contributed by atoms with Crippen LogP contribution in [0.4, 0.5) is 4.79 Å². The first-order valence-corrected chi connectivity index (χ1v) is 6.42. The van der Waals surface area contributed by atoms with Gasteiger partial charge >= 0.3 is 0 Å². The number of hydrogen-bond donors (Lipinski definition) is 1. The summed E-state index contributed by atoms with van der Waals surface area (Å²) in [6.45, 7) is 10.2. The van der Waals surface area contributed by atoms with Crippen LogP contribution in [0.1, 0.15) is 47.5 Å². The predicted molar refractivity (Wildman–Crippen MR) is 69.4 cm³/mol. The summed E-state index contributed by atoms with van der Waals surface area (Å²) in [6.07, 6.45) is 6.25. The van der Waals surface area contributed by atoms with E-state index in [4.69, 9.17) is 0 Å². The van der Waals surface area contributed by atoms with Crippen molar-refractivity contribution < 1.29 is 4.79 Å². The molecular formula is C12H23NOS. The maximum atomic E-state index is 11.6. The van der Waals surface area contributed by atoms with Crippen LogP contribution < -0.4 is 5.32 Å². The number of amides is 1. The minimum atomic E-state index is -0.142. The molecule has 0 saturated heterocycles. The van der Waals surface area contributed by atoms with E-state index in [-0.39, 0.29) is 10.8 Å². The molecule has 0 aromatic carbocycles. The van der Waals surface area contributed by atoms with Crippen molar-refractivity contribution in [3.63, 3.8) is 0 Å². The Kier molecular flexibility index (Phi) is 6.73. The number of allylic oxidation sites excluding steroid dienone is 1. The quantitative estimate of drug-likeness (QED) is 0.739. The van der Waals surface area contributed by atoms with Crippen LogP contribution in [0.3, 0.4) is 0 Å². The smallest absolute Gasteiger partial charge is 0.280 e. The lowest BCUT2D eigenvalue weighted by Crippen LogP contribution is -2.38. The summed E-state index contributed by atoms with van der Waals surface area (Å²) in [6, 6.07) is 0. The third-order valence-electron chi connectivity index (χ3n) is 1.72. The Morgan fingerprint density at radius 3 is 2.40 bits per heavy atom. The Morgan fingerprint density at radius 2 is 2.00 bits per heavy atom. The molecule has 0 rings (SSSR count). The molecule has 0 bridgehead atoms. The SMILES string of the molecule is CC/C=C/[C@@H](CC)SC(=O)NC(C)(C)C. The predicted octanol–water partition coefficient (Wildman–Crippen LogP) is 3.97. The van der Waals surface area contributed by atoms with Gasteiger partial charge in [-0.2, -0.15) is 0 Å². The van der Waals surface area contributed by atoms with Gasteiger partial charge in [-0.25, -0.2) is 0 Å². The standard InChI is InChI=1S/C12H23NOS/c1-6-8-9-10(7-2)15-11(14)13-12(3,4)5/h8-10H,6-7H2,1-5H3,(H,13,14)/b9-8+/t10-/m1/s1. The highest BCUT2D eigenvalue weighted by Crippen LogP contribution is 2.18. The zero-order valence-corrected chi connectivity index (χ0v) is 11.3. The maximum absolute atomic E-state index is 11.6. The Labute approximate surface area is 97.9 Å². The molecule has 0 aromatic heterocycles. The highest BCUT2D eigenvalue weighted by Gasteiger charge is 2.16. The normalized spacial score (nSPS) is 14.2. The molecular weight excluding hydrogens is 206 g/mol. The number of carbonyl (C=O) groups is 1. The second-order valence-corrected chi connectivity index (χ2v) is 5.78. The van der Waals surface area contributed by atoms with Crippen LogP contribution in [0.15, 0.2) is 12.2 Å². The van der Waals surface area contributed by atoms with Crippen LogP contribution >= 0.6 is 11.8 Å². The van der Waals surface area contributed by atoms with E-state index in [0.717, 1.165) is 12.8 Å². The van der Waals surface area contributed by atoms with Gasteiger partial charge in [-0.15, -0.1) is 0 Å². The largest absolute Gasteiger partial charge is 0.342 e. The first-order chi connectivity index (χ1) is 6.89. The molecule has 1 atom stereocenters. The van der Waals surface area contributed by atoms with Gasteiger partial charge in [0.15, 0.2) is 0 Å². The number of hydrogen-bond acceptors (Lipinski definition) is 2. The molecule has 15 heavy (non-hydrogen) atoms. The van der Waals surface area contributed by atoms with Crippen molar-refractivity contribution in [2.75, 3.05) is 0 Å². The van der Waals surface area contributed by atoms with Crippen molar-refractivity contribution >= 4 is 17.0 Å². The summed E-state index contributed by atoms with van der Waals surface area (Å²) in [4.78, 5) is 11.6. The molecule has 2 nitrogen and oxygen atoms in total. The van der Waals surface area contributed by atoms with E-state index in [1.807, 2.05) is 20.8 Å². The molecule has 0 heterocycles. The number of carbonyl (C=O) groups excluding carboxylic acids is 1. The zero-order chi connectivity index (χ0) is 11.9. The number of nitrogens with one attached hydrogen (secondary N) is 1. The molecule has 1 amide bonds. The summed E-state index contributed by atoms with van der Waals surface area (Å²) >= 11 is 1.37. The van der Waals surface area contributed by atoms with E-state index in [0.29, 0.717) is 5.25 Å². The Hall–Kier alpha value is -0.440. The highest BCUT2D eigenvalue weighted by molar-refractivity contribution is 8.14. The Morgan fingerprint density at radius 1 is 1.40 bits per heavy atom. The van der Waals surface area contributed by atoms with Crippen LogP contribution in [0.25, 0.3) is 0 Å². The van der Waals surface area contributed by atoms with E-state index in [1.165, 1.54) is 11.8 Å². The van der Waals surface area contributed by atoms with Crippen LogP contribution in [-0.4, -0.2) is 16.0 Å². The fraction of sp³-hybridized carbons (Fsp3) is 0.750. The van der Waals surface area contributed by atoms with Gasteiger partial charge in [0, 0.05) is 10.8 Å². The van der Waals surface area contributed by atoms with Gasteiger partial charge in [-0.05, 0) is 33.6 Å². The van der Waals surface area contributed by atoms with Crippen molar-refractivity contribution in [2.24, 2.45) is 0 Å². The van der Waals surface area contributed by atoms with E-state index in [1.54, 1.807) is 0 Å². The molecule has 1 N–H and O–H groups in total. The first kappa shape index (κ1) is 14.6. The summed E-state index contributed by atoms with van der Waals surface area (Å²) in [7, 11) is 0. The van der Waals surface area contributed by atoms with Crippen molar-refractivity contribution in [2.45, 2.75) is 58.2 Å². The molecule has 0 fully saturated rings. The zero-order valence-electron chi connectivity index (χ0n) is 10.5. The number of thioether (sulfide) groups is 1. The van der Waals surface area contributed by atoms with Gasteiger partial charge in [0.05, 0.1) is 0 Å². The van der Waals surface area contributed by atoms with Crippen LogP contribution in [0.2, 0.25) is 0 Å². The lowest BCUT2D eigenvalue weighted by Gasteiger charge is -2.21. The van der Waals surface area contributed by atoms with E-state index >= 15 is 0 Å². The van der Waals surface area contributed by atoms with Gasteiger partial charge in [0.2, 0.25) is 0 Å². The van der Waals surface area contributed by atoms with Gasteiger partial charge in [0.1, 0.15) is 0 Å². The fourth-order valence-corrected chi connectivity index (χ4v) is 2.02. The minimum Gasteiger partial charge on any atom is -0.342 e. The molecule has 3 heteroatoms. The molecule has 0 aromatic rings. The molecule has 0 aliphatic rings. The Bertz CT molecular complexity index is 218. The molecule has 0 unspecified atom stereocenters. The average Bonchev–Trinajstić information content (AvgIpc) is 2.09. The van der Waals surface area contributed by atoms with Gasteiger partial charge < -0.3 is 5.32 Å². The molecule has 0 aliphatic heterocycles. The van der Waals surface area contributed by atoms with E-state index < -0.39 is 0 Å². The lowest BCUT2D eigenvalue weighted by molar-refractivity contribution is 0.253. The van der Waals surface area contributed by atoms with Crippen molar-refractivity contribution in [3.05, 3.63) is 12.2 Å². The fourth-order valence-electron chi connectivity index (χ4n) is 1.02. The average molecular weight is 229 g/mol. The number of rotatable bonds is 4. The summed E-state index contributed by atoms with van der Waals surface area (Å²) in [5, 5.41) is 3.31. The summed E-state index contributed by atoms with van der Waals surface area (Å²) in [5.41, 5.74) is -0.142. The molecule has 0 radical (unpaired) electrons. The summed E-state index contributed by atoms with van der Waals surface area (Å²) < 4.78 is 0. The summed E-state index contributed by atoms with van der Waals surface area (Å²) in [5.74, 6) is 0. The molecule has 88 valence electrons. The van der Waals surface area contributed by atoms with Crippen LogP contribution in [-0.2, 0) is 0 Å². The van der Waals surface area contributed by atoms with Crippen molar-refractivity contribution in [1.29, 1.82) is 0 Å². The second kappa shape index (κ2) is 6.94. The Balaban J connectivity index is 4.07. The van der Waals surface area contributed by atoms with Crippen molar-refractivity contribution in [1.82, 2.24) is 5.32 Å². The van der Waals surface area contributed by atoms with E-state index in [2.05, 4.69) is 31.3 Å². The van der Waals surface area contributed by atoms with Gasteiger partial charge in [0.25, 0.3) is 5.24 Å². The monoisotopic (exact) mass is 229 g/mol. The minimum absolute atomic E-state index is 0.0649. The highest BCUT2D eigenvalue weighted by atomic mass is 32.2. The first-order valence-electron chi connectivity index (χ1n) is 5.54. The molecule has 0 aliphatic carbocycles. The topological polar surface area (TPSA) is 29.1 Å². The van der Waals surface area contributed by atoms with Crippen LogP contribution in [0, 0.1) is 0 Å². The van der Waals surface area contributed by atoms with E-state index in [9.17, 15) is 4.79 Å². The molecule has 0 saturated carbocycles. The lowest BCUT2D eigenvalue weighted by atomic mass is 10.1. The third kappa shape index (κ3) is 8.55. The van der Waals surface area contributed by atoms with Crippen LogP contribution in [0.5, 0.6) is 0 Å². The maximum Gasteiger partial charge on any atom is 0.280 e. The van der Waals surface area contributed by atoms with Gasteiger partial charge in [-0.3, -0.25) is 4.79 Å². The van der Waals surface area contributed by atoms with Gasteiger partial charge in [-0.1, -0.05) is 37.8 Å². The second-order valence-electron chi connectivity index (χ2n) is 4.56. The van der Waals surface area contributed by atoms with Crippen molar-refractivity contribution in [3.8, 4) is 0 Å².